The van der Waals surface area contributed by atoms with Gasteiger partial charge >= 0.3 is 0 Å². The number of hydrogen-bond acceptors (Lipinski definition) is 5. The van der Waals surface area contributed by atoms with Crippen LogP contribution in [0.15, 0.2) is 18.3 Å². The van der Waals surface area contributed by atoms with Crippen molar-refractivity contribution in [3.05, 3.63) is 23.9 Å². The highest BCUT2D eigenvalue weighted by Gasteiger charge is 2.31. The maximum Gasteiger partial charge on any atom is 0.254 e. The summed E-state index contributed by atoms with van der Waals surface area (Å²) in [7, 11) is 0. The second-order valence-electron chi connectivity index (χ2n) is 7.03. The van der Waals surface area contributed by atoms with Gasteiger partial charge < -0.3 is 15.0 Å². The van der Waals surface area contributed by atoms with Crippen LogP contribution in [0.1, 0.15) is 36.0 Å². The third kappa shape index (κ3) is 3.39. The van der Waals surface area contributed by atoms with Crippen LogP contribution in [0.2, 0.25) is 0 Å². The highest BCUT2D eigenvalue weighted by molar-refractivity contribution is 5.94. The van der Waals surface area contributed by atoms with Crippen LogP contribution in [0.5, 0.6) is 5.88 Å². The molecule has 2 aliphatic heterocycles. The third-order valence-corrected chi connectivity index (χ3v) is 5.44. The van der Waals surface area contributed by atoms with Gasteiger partial charge in [0.25, 0.3) is 5.91 Å². The average molecular weight is 330 g/mol. The van der Waals surface area contributed by atoms with Gasteiger partial charge in [-0.25, -0.2) is 4.98 Å². The van der Waals surface area contributed by atoms with Crippen LogP contribution in [0, 0.1) is 0 Å². The van der Waals surface area contributed by atoms with Crippen LogP contribution < -0.4 is 10.1 Å². The molecule has 1 aliphatic carbocycles. The Bertz CT molecular complexity index is 584. The molecule has 3 fully saturated rings. The lowest BCUT2D eigenvalue weighted by atomic mass is 9.96. The number of hydrogen-bond donors (Lipinski definition) is 1. The molecule has 1 atom stereocenters. The van der Waals surface area contributed by atoms with Crippen LogP contribution in [0.3, 0.4) is 0 Å². The normalized spacial score (nSPS) is 25.5. The Labute approximate surface area is 143 Å². The lowest BCUT2D eigenvalue weighted by Gasteiger charge is -2.32. The Morgan fingerprint density at radius 2 is 2.04 bits per heavy atom. The molecule has 24 heavy (non-hydrogen) atoms. The minimum absolute atomic E-state index is 0.105. The number of aromatic nitrogens is 1. The fraction of sp³-hybridized carbons (Fsp3) is 0.667. The molecule has 1 saturated carbocycles. The largest absolute Gasteiger partial charge is 0.474 e. The van der Waals surface area contributed by atoms with E-state index < -0.39 is 0 Å². The van der Waals surface area contributed by atoms with Gasteiger partial charge in [-0.05, 0) is 31.7 Å². The minimum atomic E-state index is 0.105. The molecule has 6 heteroatoms. The van der Waals surface area contributed by atoms with Crippen LogP contribution in [-0.4, -0.2) is 72.1 Å². The highest BCUT2D eigenvalue weighted by atomic mass is 16.5. The van der Waals surface area contributed by atoms with E-state index in [0.717, 1.165) is 58.5 Å². The number of ether oxygens (including phenoxy) is 1. The molecule has 2 saturated heterocycles. The number of rotatable bonds is 4. The molecule has 1 unspecified atom stereocenters. The summed E-state index contributed by atoms with van der Waals surface area (Å²) in [6, 6.07) is 4.11. The van der Waals surface area contributed by atoms with Gasteiger partial charge in [-0.3, -0.25) is 9.69 Å². The smallest absolute Gasteiger partial charge is 0.254 e. The molecule has 1 aromatic heterocycles. The first-order chi connectivity index (χ1) is 11.8. The summed E-state index contributed by atoms with van der Waals surface area (Å²) < 4.78 is 5.82. The quantitative estimate of drug-likeness (QED) is 0.897. The maximum absolute atomic E-state index is 12.8. The van der Waals surface area contributed by atoms with E-state index in [0.29, 0.717) is 17.5 Å². The van der Waals surface area contributed by atoms with Crippen molar-refractivity contribution in [2.75, 3.05) is 39.3 Å². The van der Waals surface area contributed by atoms with Gasteiger partial charge in [-0.2, -0.15) is 0 Å². The number of likely N-dealkylation sites (tertiary alicyclic amines) is 1. The predicted octanol–water partition coefficient (Wildman–Crippen LogP) is 1.13. The topological polar surface area (TPSA) is 57.7 Å². The number of pyridine rings is 1. The van der Waals surface area contributed by atoms with Gasteiger partial charge in [0.1, 0.15) is 6.10 Å². The summed E-state index contributed by atoms with van der Waals surface area (Å²) in [6.45, 7) is 5.95. The zero-order valence-corrected chi connectivity index (χ0v) is 14.1. The van der Waals surface area contributed by atoms with E-state index in [1.54, 1.807) is 18.3 Å². The first-order valence-electron chi connectivity index (χ1n) is 9.16. The molecule has 3 heterocycles. The summed E-state index contributed by atoms with van der Waals surface area (Å²) in [5.41, 5.74) is 0.695. The predicted molar refractivity (Wildman–Crippen MR) is 91.3 cm³/mol. The first-order valence-corrected chi connectivity index (χ1v) is 9.16. The number of amides is 1. The Kier molecular flexibility index (Phi) is 4.67. The summed E-state index contributed by atoms with van der Waals surface area (Å²) >= 11 is 0. The van der Waals surface area contributed by atoms with Crippen molar-refractivity contribution in [2.24, 2.45) is 0 Å². The molecule has 0 bridgehead atoms. The average Bonchev–Trinajstić information content (AvgIpc) is 3.09. The zero-order chi connectivity index (χ0) is 16.4. The molecular formula is C18H26N4O2. The molecule has 3 aliphatic rings. The summed E-state index contributed by atoms with van der Waals surface area (Å²) in [6.07, 6.45) is 6.46. The summed E-state index contributed by atoms with van der Waals surface area (Å²) in [4.78, 5) is 21.6. The number of carbonyl (C=O) groups is 1. The number of nitrogens with zero attached hydrogens (tertiary/aromatic N) is 3. The van der Waals surface area contributed by atoms with Gasteiger partial charge in [0, 0.05) is 63.1 Å². The molecule has 0 radical (unpaired) electrons. The van der Waals surface area contributed by atoms with Crippen LogP contribution in [0.25, 0.3) is 0 Å². The Hall–Kier alpha value is -1.66. The van der Waals surface area contributed by atoms with Crippen molar-refractivity contribution in [3.63, 3.8) is 0 Å². The van der Waals surface area contributed by atoms with Gasteiger partial charge in [-0.1, -0.05) is 0 Å². The van der Waals surface area contributed by atoms with Crippen LogP contribution >= 0.6 is 0 Å². The van der Waals surface area contributed by atoms with E-state index in [2.05, 4.69) is 15.2 Å². The number of piperazine rings is 1. The van der Waals surface area contributed by atoms with E-state index in [9.17, 15) is 4.79 Å². The molecule has 1 aromatic rings. The molecule has 4 rings (SSSR count). The lowest BCUT2D eigenvalue weighted by molar-refractivity contribution is 0.0770. The molecule has 0 aromatic carbocycles. The molecular weight excluding hydrogens is 304 g/mol. The molecule has 0 spiro atoms. The lowest BCUT2D eigenvalue weighted by Crippen LogP contribution is -2.49. The number of nitrogens with one attached hydrogen (secondary N) is 1. The second kappa shape index (κ2) is 7.07. The fourth-order valence-electron chi connectivity index (χ4n) is 3.72. The van der Waals surface area contributed by atoms with Gasteiger partial charge in [0.2, 0.25) is 5.88 Å². The van der Waals surface area contributed by atoms with Gasteiger partial charge in [0.05, 0.1) is 0 Å². The van der Waals surface area contributed by atoms with Crippen LogP contribution in [-0.2, 0) is 0 Å². The van der Waals surface area contributed by atoms with Crippen molar-refractivity contribution in [1.82, 2.24) is 20.1 Å². The van der Waals surface area contributed by atoms with E-state index in [4.69, 9.17) is 4.74 Å². The summed E-state index contributed by atoms with van der Waals surface area (Å²) in [5.74, 6) is 0.692. The molecule has 6 nitrogen and oxygen atoms in total. The third-order valence-electron chi connectivity index (χ3n) is 5.44. The van der Waals surface area contributed by atoms with E-state index in [1.807, 2.05) is 4.90 Å². The van der Waals surface area contributed by atoms with Crippen LogP contribution in [0.4, 0.5) is 0 Å². The van der Waals surface area contributed by atoms with Crippen molar-refractivity contribution >= 4 is 5.91 Å². The standard InChI is InChI=1S/C18H26N4O2/c23-18(14-4-6-20-17(12-14)24-16-2-1-3-16)22-9-5-15(13-22)21-10-7-19-8-11-21/h4,6,12,15-16,19H,1-3,5,7-11,13H2. The van der Waals surface area contributed by atoms with Crippen molar-refractivity contribution < 1.29 is 9.53 Å². The fourth-order valence-corrected chi connectivity index (χ4v) is 3.72. The number of carbonyl (C=O) groups excluding carboxylic acids is 1. The van der Waals surface area contributed by atoms with Crippen molar-refractivity contribution in [1.29, 1.82) is 0 Å². The minimum Gasteiger partial charge on any atom is -0.474 e. The van der Waals surface area contributed by atoms with E-state index >= 15 is 0 Å². The van der Waals surface area contributed by atoms with E-state index in [-0.39, 0.29) is 12.0 Å². The van der Waals surface area contributed by atoms with E-state index in [1.165, 1.54) is 6.42 Å². The van der Waals surface area contributed by atoms with Crippen molar-refractivity contribution in [3.8, 4) is 5.88 Å². The monoisotopic (exact) mass is 330 g/mol. The Morgan fingerprint density at radius 3 is 2.79 bits per heavy atom. The molecule has 1 amide bonds. The Balaban J connectivity index is 1.37. The highest BCUT2D eigenvalue weighted by Crippen LogP contribution is 2.25. The molecule has 1 N–H and O–H groups in total. The summed E-state index contributed by atoms with van der Waals surface area (Å²) in [5, 5.41) is 3.39. The second-order valence-corrected chi connectivity index (χ2v) is 7.03. The maximum atomic E-state index is 12.8. The molecule has 130 valence electrons. The zero-order valence-electron chi connectivity index (χ0n) is 14.1. The van der Waals surface area contributed by atoms with Gasteiger partial charge in [-0.15, -0.1) is 0 Å². The Morgan fingerprint density at radius 1 is 1.21 bits per heavy atom. The van der Waals surface area contributed by atoms with Crippen molar-refractivity contribution in [2.45, 2.75) is 37.8 Å². The van der Waals surface area contributed by atoms with Gasteiger partial charge in [0.15, 0.2) is 0 Å². The SMILES string of the molecule is O=C(c1ccnc(OC2CCC2)c1)N1CCC(N2CCNCC2)C1. The first kappa shape index (κ1) is 15.8.